The Balaban J connectivity index is 1.87. The summed E-state index contributed by atoms with van der Waals surface area (Å²) in [5.74, 6) is 1.11. The Morgan fingerprint density at radius 1 is 1.36 bits per heavy atom. The van der Waals surface area contributed by atoms with E-state index in [9.17, 15) is 4.79 Å². The first kappa shape index (κ1) is 16.4. The second-order valence-electron chi connectivity index (χ2n) is 5.20. The molecule has 0 saturated carbocycles. The Bertz CT molecular complexity index is 609. The van der Waals surface area contributed by atoms with Crippen molar-refractivity contribution in [3.8, 4) is 0 Å². The fourth-order valence-corrected chi connectivity index (χ4v) is 2.71. The van der Waals surface area contributed by atoms with E-state index in [0.29, 0.717) is 6.54 Å². The monoisotopic (exact) mass is 318 g/mol. The maximum Gasteiger partial charge on any atom is 0.321 e. The first-order valence-corrected chi connectivity index (χ1v) is 8.33. The van der Waals surface area contributed by atoms with Crippen LogP contribution in [0.2, 0.25) is 0 Å². The first-order chi connectivity index (χ1) is 10.6. The van der Waals surface area contributed by atoms with Crippen molar-refractivity contribution in [2.75, 3.05) is 18.1 Å². The van der Waals surface area contributed by atoms with Gasteiger partial charge in [-0.05, 0) is 49.4 Å². The molecule has 0 bridgehead atoms. The van der Waals surface area contributed by atoms with Gasteiger partial charge >= 0.3 is 6.03 Å². The number of benzene rings is 1. The third kappa shape index (κ3) is 4.80. The topological polar surface area (TPSA) is 61.0 Å². The molecule has 0 aliphatic rings. The normalized spacial score (nSPS) is 10.5. The molecule has 1 aromatic carbocycles. The van der Waals surface area contributed by atoms with Crippen molar-refractivity contribution in [1.82, 2.24) is 15.1 Å². The number of amides is 2. The maximum absolute atomic E-state index is 12.2. The molecule has 6 heteroatoms. The van der Waals surface area contributed by atoms with E-state index in [1.54, 1.807) is 11.9 Å². The van der Waals surface area contributed by atoms with Gasteiger partial charge in [0.25, 0.3) is 0 Å². The number of H-pyrrole nitrogens is 1. The van der Waals surface area contributed by atoms with Gasteiger partial charge in [0.05, 0.1) is 12.2 Å². The summed E-state index contributed by atoms with van der Waals surface area (Å²) in [4.78, 5) is 15.0. The summed E-state index contributed by atoms with van der Waals surface area (Å²) in [6.07, 6.45) is 1.15. The Labute approximate surface area is 135 Å². The van der Waals surface area contributed by atoms with E-state index in [2.05, 4.69) is 22.4 Å². The predicted octanol–water partition coefficient (Wildman–Crippen LogP) is 3.88. The van der Waals surface area contributed by atoms with E-state index in [-0.39, 0.29) is 6.03 Å². The quantitative estimate of drug-likeness (QED) is 0.795. The number of aromatic nitrogens is 2. The van der Waals surface area contributed by atoms with Crippen LogP contribution >= 0.6 is 11.8 Å². The molecule has 0 spiro atoms. The molecule has 0 aliphatic carbocycles. The largest absolute Gasteiger partial charge is 0.322 e. The smallest absolute Gasteiger partial charge is 0.321 e. The van der Waals surface area contributed by atoms with E-state index in [0.717, 1.165) is 29.2 Å². The predicted molar refractivity (Wildman–Crippen MR) is 91.3 cm³/mol. The second-order valence-corrected chi connectivity index (χ2v) is 6.37. The summed E-state index contributed by atoms with van der Waals surface area (Å²) in [6.45, 7) is 4.58. The zero-order chi connectivity index (χ0) is 15.9. The minimum absolute atomic E-state index is 0.144. The standard InChI is InChI=1S/C16H22N4OS/c1-4-9-22-15-7-5-13(6-8-15)17-16(21)20(3)11-14-10-12(2)18-19-14/h5-8,10H,4,9,11H2,1-3H3,(H,17,21)(H,18,19). The Morgan fingerprint density at radius 3 is 2.68 bits per heavy atom. The molecule has 0 aliphatic heterocycles. The summed E-state index contributed by atoms with van der Waals surface area (Å²) in [7, 11) is 1.75. The summed E-state index contributed by atoms with van der Waals surface area (Å²) in [5.41, 5.74) is 2.64. The lowest BCUT2D eigenvalue weighted by molar-refractivity contribution is 0.220. The number of aryl methyl sites for hydroxylation is 1. The highest BCUT2D eigenvalue weighted by Gasteiger charge is 2.11. The molecule has 5 nitrogen and oxygen atoms in total. The fourth-order valence-electron chi connectivity index (χ4n) is 1.94. The number of urea groups is 1. The number of anilines is 1. The summed E-state index contributed by atoms with van der Waals surface area (Å²) < 4.78 is 0. The van der Waals surface area contributed by atoms with Gasteiger partial charge in [-0.25, -0.2) is 4.79 Å². The van der Waals surface area contributed by atoms with E-state index < -0.39 is 0 Å². The van der Waals surface area contributed by atoms with Crippen LogP contribution in [0.5, 0.6) is 0 Å². The van der Waals surface area contributed by atoms with Crippen LogP contribution in [0.25, 0.3) is 0 Å². The van der Waals surface area contributed by atoms with Gasteiger partial charge in [-0.1, -0.05) is 6.92 Å². The molecule has 0 radical (unpaired) electrons. The van der Waals surface area contributed by atoms with Crippen LogP contribution in [-0.4, -0.2) is 33.9 Å². The van der Waals surface area contributed by atoms with Crippen molar-refractivity contribution in [3.63, 3.8) is 0 Å². The lowest BCUT2D eigenvalue weighted by Gasteiger charge is -2.16. The Morgan fingerprint density at radius 2 is 2.09 bits per heavy atom. The van der Waals surface area contributed by atoms with E-state index >= 15 is 0 Å². The third-order valence-corrected chi connectivity index (χ3v) is 4.30. The highest BCUT2D eigenvalue weighted by Crippen LogP contribution is 2.21. The minimum atomic E-state index is -0.144. The molecular weight excluding hydrogens is 296 g/mol. The zero-order valence-corrected chi connectivity index (χ0v) is 14.0. The number of hydrogen-bond donors (Lipinski definition) is 2. The van der Waals surface area contributed by atoms with Gasteiger partial charge in [-0.15, -0.1) is 11.8 Å². The molecule has 0 fully saturated rings. The third-order valence-electron chi connectivity index (χ3n) is 3.08. The fraction of sp³-hybridized carbons (Fsp3) is 0.375. The van der Waals surface area contributed by atoms with Crippen LogP contribution in [0.4, 0.5) is 10.5 Å². The average molecular weight is 318 g/mol. The second kappa shape index (κ2) is 7.89. The molecule has 22 heavy (non-hydrogen) atoms. The minimum Gasteiger partial charge on any atom is -0.322 e. The van der Waals surface area contributed by atoms with Gasteiger partial charge in [0.15, 0.2) is 0 Å². The summed E-state index contributed by atoms with van der Waals surface area (Å²) in [6, 6.07) is 9.73. The Kier molecular flexibility index (Phi) is 5.89. The van der Waals surface area contributed by atoms with Crippen LogP contribution in [0, 0.1) is 6.92 Å². The molecule has 2 amide bonds. The number of hydrogen-bond acceptors (Lipinski definition) is 3. The van der Waals surface area contributed by atoms with Crippen LogP contribution in [0.1, 0.15) is 24.7 Å². The highest BCUT2D eigenvalue weighted by atomic mass is 32.2. The molecule has 0 unspecified atom stereocenters. The summed E-state index contributed by atoms with van der Waals surface area (Å²) >= 11 is 1.82. The van der Waals surface area contributed by atoms with Gasteiger partial charge in [0, 0.05) is 23.3 Å². The van der Waals surface area contributed by atoms with Crippen molar-refractivity contribution in [2.24, 2.45) is 0 Å². The lowest BCUT2D eigenvalue weighted by Crippen LogP contribution is -2.30. The van der Waals surface area contributed by atoms with Crippen molar-refractivity contribution >= 4 is 23.5 Å². The molecule has 2 N–H and O–H groups in total. The van der Waals surface area contributed by atoms with Crippen molar-refractivity contribution < 1.29 is 4.79 Å². The SMILES string of the molecule is CCCSc1ccc(NC(=O)N(C)Cc2cc(C)[nH]n2)cc1. The summed E-state index contributed by atoms with van der Waals surface area (Å²) in [5, 5.41) is 9.90. The molecule has 0 saturated heterocycles. The van der Waals surface area contributed by atoms with Crippen molar-refractivity contribution in [3.05, 3.63) is 41.7 Å². The Hall–Kier alpha value is -1.95. The van der Waals surface area contributed by atoms with Crippen molar-refractivity contribution in [1.29, 1.82) is 0 Å². The van der Waals surface area contributed by atoms with Gasteiger partial charge < -0.3 is 10.2 Å². The number of nitrogens with one attached hydrogen (secondary N) is 2. The van der Waals surface area contributed by atoms with Gasteiger partial charge in [-0.2, -0.15) is 5.10 Å². The van der Waals surface area contributed by atoms with E-state index in [1.165, 1.54) is 4.90 Å². The molecule has 0 atom stereocenters. The van der Waals surface area contributed by atoms with E-state index in [1.807, 2.05) is 49.0 Å². The van der Waals surface area contributed by atoms with Gasteiger partial charge in [0.1, 0.15) is 0 Å². The van der Waals surface area contributed by atoms with Crippen molar-refractivity contribution in [2.45, 2.75) is 31.7 Å². The number of carbonyl (C=O) groups excluding carboxylic acids is 1. The highest BCUT2D eigenvalue weighted by molar-refractivity contribution is 7.99. The molecule has 1 aromatic heterocycles. The number of nitrogens with zero attached hydrogens (tertiary/aromatic N) is 2. The van der Waals surface area contributed by atoms with Crippen LogP contribution in [-0.2, 0) is 6.54 Å². The van der Waals surface area contributed by atoms with Crippen LogP contribution in [0.3, 0.4) is 0 Å². The first-order valence-electron chi connectivity index (χ1n) is 7.34. The van der Waals surface area contributed by atoms with Gasteiger partial charge in [0.2, 0.25) is 0 Å². The van der Waals surface area contributed by atoms with Crippen LogP contribution < -0.4 is 5.32 Å². The molecule has 2 aromatic rings. The number of aromatic amines is 1. The number of carbonyl (C=O) groups is 1. The zero-order valence-electron chi connectivity index (χ0n) is 13.2. The number of thioether (sulfide) groups is 1. The molecular formula is C16H22N4OS. The lowest BCUT2D eigenvalue weighted by atomic mass is 10.3. The molecule has 1 heterocycles. The van der Waals surface area contributed by atoms with E-state index in [4.69, 9.17) is 0 Å². The number of rotatable bonds is 6. The molecule has 2 rings (SSSR count). The molecule has 118 valence electrons. The maximum atomic E-state index is 12.2. The average Bonchev–Trinajstić information content (AvgIpc) is 2.91. The van der Waals surface area contributed by atoms with Crippen LogP contribution in [0.15, 0.2) is 35.2 Å². The van der Waals surface area contributed by atoms with Gasteiger partial charge in [-0.3, -0.25) is 5.10 Å².